The molecule has 1 saturated heterocycles. The molecule has 1 saturated carbocycles. The molecule has 0 spiro atoms. The highest BCUT2D eigenvalue weighted by Gasteiger charge is 2.30. The number of aliphatic carboxylic acids is 1. The quantitative estimate of drug-likeness (QED) is 0.285. The van der Waals surface area contributed by atoms with Crippen molar-refractivity contribution in [3.63, 3.8) is 0 Å². The fraction of sp³-hybridized carbons (Fsp3) is 0.545. The number of benzene rings is 2. The van der Waals surface area contributed by atoms with E-state index in [1.807, 2.05) is 66.2 Å². The van der Waals surface area contributed by atoms with Crippen LogP contribution < -0.4 is 5.32 Å². The summed E-state index contributed by atoms with van der Waals surface area (Å²) in [6, 6.07) is 12.5. The number of thioether (sulfide) groups is 2. The standard InChI is InChI=1S/C33H44N2O5S2/c1-23-8-6-7-11-26(23)28-20-25(12-13-27(28)31(36)34-29(33(38)39)14-17-41-2)22-40-30(21-24-9-4-3-5-10-24)32(37)35-15-18-42-19-16-35/h6-8,11-13,20,24,29-30H,3-5,9-10,14-19,21-22H2,1-2H3,(H,34,36)(H,38,39)/t29-,30-/m0/s1. The number of amides is 2. The predicted octanol–water partition coefficient (Wildman–Crippen LogP) is 6.03. The predicted molar refractivity (Wildman–Crippen MR) is 172 cm³/mol. The number of rotatable bonds is 13. The summed E-state index contributed by atoms with van der Waals surface area (Å²) in [5.41, 5.74) is 3.93. The molecular formula is C33H44N2O5S2. The molecule has 7 nitrogen and oxygen atoms in total. The second-order valence-electron chi connectivity index (χ2n) is 11.3. The highest BCUT2D eigenvalue weighted by atomic mass is 32.2. The van der Waals surface area contributed by atoms with Gasteiger partial charge in [-0.15, -0.1) is 0 Å². The van der Waals surface area contributed by atoms with E-state index < -0.39 is 24.0 Å². The Morgan fingerprint density at radius 2 is 1.81 bits per heavy atom. The van der Waals surface area contributed by atoms with E-state index in [-0.39, 0.29) is 12.5 Å². The van der Waals surface area contributed by atoms with Gasteiger partial charge in [-0.05, 0) is 72.1 Å². The largest absolute Gasteiger partial charge is 0.480 e. The molecule has 2 aromatic carbocycles. The van der Waals surface area contributed by atoms with Gasteiger partial charge in [0.15, 0.2) is 0 Å². The van der Waals surface area contributed by atoms with Gasteiger partial charge in [0.2, 0.25) is 0 Å². The number of hydrogen-bond acceptors (Lipinski definition) is 6. The van der Waals surface area contributed by atoms with Crippen LogP contribution in [0.2, 0.25) is 0 Å². The van der Waals surface area contributed by atoms with Crippen molar-refractivity contribution in [3.05, 3.63) is 59.2 Å². The van der Waals surface area contributed by atoms with Crippen LogP contribution in [0.1, 0.15) is 66.4 Å². The normalized spacial score (nSPS) is 17.4. The number of carbonyl (C=O) groups is 3. The van der Waals surface area contributed by atoms with E-state index in [0.717, 1.165) is 66.1 Å². The smallest absolute Gasteiger partial charge is 0.326 e. The Bertz CT molecular complexity index is 1210. The Labute approximate surface area is 258 Å². The molecule has 42 heavy (non-hydrogen) atoms. The molecule has 0 radical (unpaired) electrons. The van der Waals surface area contributed by atoms with E-state index in [4.69, 9.17) is 4.74 Å². The van der Waals surface area contributed by atoms with Crippen molar-refractivity contribution in [1.29, 1.82) is 0 Å². The number of carbonyl (C=O) groups excluding carboxylic acids is 2. The molecule has 2 amide bonds. The van der Waals surface area contributed by atoms with Crippen LogP contribution in [0, 0.1) is 12.8 Å². The number of hydrogen-bond donors (Lipinski definition) is 2. The van der Waals surface area contributed by atoms with Gasteiger partial charge in [0.05, 0.1) is 6.61 Å². The number of aryl methyl sites for hydroxylation is 1. The molecule has 9 heteroatoms. The lowest BCUT2D eigenvalue weighted by Gasteiger charge is -2.32. The molecule has 2 N–H and O–H groups in total. The summed E-state index contributed by atoms with van der Waals surface area (Å²) >= 11 is 3.43. The third kappa shape index (κ3) is 9.01. The lowest BCUT2D eigenvalue weighted by Crippen LogP contribution is -2.45. The van der Waals surface area contributed by atoms with Gasteiger partial charge >= 0.3 is 5.97 Å². The van der Waals surface area contributed by atoms with Gasteiger partial charge in [0.1, 0.15) is 12.1 Å². The molecular weight excluding hydrogens is 569 g/mol. The van der Waals surface area contributed by atoms with Crippen LogP contribution >= 0.6 is 23.5 Å². The van der Waals surface area contributed by atoms with E-state index in [2.05, 4.69) is 5.32 Å². The van der Waals surface area contributed by atoms with E-state index >= 15 is 0 Å². The first-order chi connectivity index (χ1) is 20.4. The van der Waals surface area contributed by atoms with E-state index in [1.54, 1.807) is 17.8 Å². The minimum atomic E-state index is -1.04. The average Bonchev–Trinajstić information content (AvgIpc) is 3.01. The zero-order valence-electron chi connectivity index (χ0n) is 24.8. The first kappa shape index (κ1) is 32.4. The second kappa shape index (κ2) is 16.4. The van der Waals surface area contributed by atoms with Gasteiger partial charge in [0.25, 0.3) is 11.8 Å². The third-order valence-electron chi connectivity index (χ3n) is 8.30. The van der Waals surface area contributed by atoms with Gasteiger partial charge in [0, 0.05) is 30.2 Å². The van der Waals surface area contributed by atoms with Crippen LogP contribution in [0.5, 0.6) is 0 Å². The third-order valence-corrected chi connectivity index (χ3v) is 9.89. The number of nitrogens with zero attached hydrogens (tertiary/aromatic N) is 1. The van der Waals surface area contributed by atoms with Gasteiger partial charge in [-0.3, -0.25) is 9.59 Å². The van der Waals surface area contributed by atoms with Gasteiger partial charge in [-0.1, -0.05) is 62.4 Å². The van der Waals surface area contributed by atoms with E-state index in [0.29, 0.717) is 23.7 Å². The maximum absolute atomic E-state index is 13.6. The topological polar surface area (TPSA) is 95.9 Å². The zero-order valence-corrected chi connectivity index (χ0v) is 26.4. The highest BCUT2D eigenvalue weighted by molar-refractivity contribution is 7.99. The summed E-state index contributed by atoms with van der Waals surface area (Å²) < 4.78 is 6.43. The molecule has 1 heterocycles. The fourth-order valence-electron chi connectivity index (χ4n) is 5.86. The van der Waals surface area contributed by atoms with E-state index in [9.17, 15) is 19.5 Å². The summed E-state index contributed by atoms with van der Waals surface area (Å²) in [5.74, 6) is 1.71. The molecule has 2 aliphatic rings. The lowest BCUT2D eigenvalue weighted by molar-refractivity contribution is -0.145. The van der Waals surface area contributed by atoms with Crippen LogP contribution in [-0.4, -0.2) is 76.5 Å². The molecule has 2 atom stereocenters. The van der Waals surface area contributed by atoms with Crippen LogP contribution in [0.3, 0.4) is 0 Å². The molecule has 0 unspecified atom stereocenters. The molecule has 4 rings (SSSR count). The van der Waals surface area contributed by atoms with Crippen LogP contribution in [0.15, 0.2) is 42.5 Å². The van der Waals surface area contributed by atoms with Gasteiger partial charge in [-0.25, -0.2) is 4.79 Å². The zero-order chi connectivity index (χ0) is 29.9. The Morgan fingerprint density at radius 3 is 2.50 bits per heavy atom. The molecule has 0 aromatic heterocycles. The summed E-state index contributed by atoms with van der Waals surface area (Å²) in [5, 5.41) is 12.4. The van der Waals surface area contributed by atoms with Gasteiger partial charge < -0.3 is 20.1 Å². The molecule has 1 aliphatic carbocycles. The number of carboxylic acids is 1. The monoisotopic (exact) mass is 612 g/mol. The average molecular weight is 613 g/mol. The minimum Gasteiger partial charge on any atom is -0.480 e. The van der Waals surface area contributed by atoms with Crippen molar-refractivity contribution in [2.24, 2.45) is 5.92 Å². The first-order valence-electron chi connectivity index (χ1n) is 15.1. The summed E-state index contributed by atoms with van der Waals surface area (Å²) in [7, 11) is 0. The van der Waals surface area contributed by atoms with Crippen molar-refractivity contribution in [2.75, 3.05) is 36.6 Å². The number of nitrogens with one attached hydrogen (secondary N) is 1. The Morgan fingerprint density at radius 1 is 1.07 bits per heavy atom. The molecule has 0 bridgehead atoms. The summed E-state index contributed by atoms with van der Waals surface area (Å²) in [6.45, 7) is 3.79. The summed E-state index contributed by atoms with van der Waals surface area (Å²) in [6.07, 6.45) is 8.54. The van der Waals surface area contributed by atoms with Crippen molar-refractivity contribution in [1.82, 2.24) is 10.2 Å². The minimum absolute atomic E-state index is 0.0981. The second-order valence-corrected chi connectivity index (χ2v) is 13.5. The molecule has 2 aromatic rings. The number of ether oxygens (including phenoxy) is 1. The van der Waals surface area contributed by atoms with Gasteiger partial charge in [-0.2, -0.15) is 23.5 Å². The maximum atomic E-state index is 13.6. The highest BCUT2D eigenvalue weighted by Crippen LogP contribution is 2.31. The SMILES string of the molecule is CSCC[C@H](NC(=O)c1ccc(CO[C@@H](CC2CCCCC2)C(=O)N2CCSCC2)cc1-c1ccccc1C)C(=O)O. The van der Waals surface area contributed by atoms with Crippen LogP contribution in [-0.2, 0) is 20.9 Å². The van der Waals surface area contributed by atoms with Crippen LogP contribution in [0.4, 0.5) is 0 Å². The summed E-state index contributed by atoms with van der Waals surface area (Å²) in [4.78, 5) is 40.8. The van der Waals surface area contributed by atoms with Crippen molar-refractivity contribution in [3.8, 4) is 11.1 Å². The first-order valence-corrected chi connectivity index (χ1v) is 17.6. The Hall–Kier alpha value is -2.49. The van der Waals surface area contributed by atoms with Crippen LogP contribution in [0.25, 0.3) is 11.1 Å². The fourth-order valence-corrected chi connectivity index (χ4v) is 7.23. The molecule has 2 fully saturated rings. The molecule has 1 aliphatic heterocycles. The lowest BCUT2D eigenvalue weighted by atomic mass is 9.85. The molecule has 228 valence electrons. The maximum Gasteiger partial charge on any atom is 0.326 e. The van der Waals surface area contributed by atoms with Crippen molar-refractivity contribution < 1.29 is 24.2 Å². The Kier molecular flexibility index (Phi) is 12.6. The van der Waals surface area contributed by atoms with E-state index in [1.165, 1.54) is 19.3 Å². The van der Waals surface area contributed by atoms with Crippen molar-refractivity contribution in [2.45, 2.75) is 70.6 Å². The number of carboxylic acid groups (broad SMARTS) is 1. The van der Waals surface area contributed by atoms with Crippen molar-refractivity contribution >= 4 is 41.3 Å². The Balaban J connectivity index is 1.57.